The first kappa shape index (κ1) is 15.8. The van der Waals surface area contributed by atoms with Gasteiger partial charge in [-0.2, -0.15) is 4.98 Å². The molecule has 0 spiro atoms. The fourth-order valence-corrected chi connectivity index (χ4v) is 2.58. The number of nitrogens with one attached hydrogen (secondary N) is 1. The average molecular weight is 316 g/mol. The minimum Gasteiger partial charge on any atom is -0.378 e. The second-order valence-corrected chi connectivity index (χ2v) is 6.16. The molecule has 2 aromatic rings. The predicted molar refractivity (Wildman–Crippen MR) is 89.9 cm³/mol. The number of morpholine rings is 1. The maximum Gasteiger partial charge on any atom is 0.248 e. The Bertz CT molecular complexity index is 635. The number of aromatic nitrogens is 2. The summed E-state index contributed by atoms with van der Waals surface area (Å²) in [5.74, 6) is 1.63. The Kier molecular flexibility index (Phi) is 4.81. The summed E-state index contributed by atoms with van der Waals surface area (Å²) in [5.41, 5.74) is 2.25. The Morgan fingerprint density at radius 2 is 1.96 bits per heavy atom. The highest BCUT2D eigenvalue weighted by Crippen LogP contribution is 2.24. The van der Waals surface area contributed by atoms with E-state index in [1.165, 1.54) is 5.69 Å². The summed E-state index contributed by atoms with van der Waals surface area (Å²) in [6.45, 7) is 9.57. The number of nitrogens with zero attached hydrogens (tertiary/aromatic N) is 3. The van der Waals surface area contributed by atoms with E-state index in [1.807, 2.05) is 6.92 Å². The van der Waals surface area contributed by atoms with Crippen LogP contribution in [0.5, 0.6) is 0 Å². The van der Waals surface area contributed by atoms with Gasteiger partial charge in [0.05, 0.1) is 13.2 Å². The molecule has 1 atom stereocenters. The number of hydrogen-bond acceptors (Lipinski definition) is 6. The summed E-state index contributed by atoms with van der Waals surface area (Å²) in [6.07, 6.45) is 0. The van der Waals surface area contributed by atoms with Crippen LogP contribution < -0.4 is 10.2 Å². The van der Waals surface area contributed by atoms with E-state index in [4.69, 9.17) is 9.26 Å². The lowest BCUT2D eigenvalue weighted by Gasteiger charge is -2.29. The molecule has 1 N–H and O–H groups in total. The van der Waals surface area contributed by atoms with Crippen molar-refractivity contribution in [1.29, 1.82) is 0 Å². The largest absolute Gasteiger partial charge is 0.378 e. The predicted octanol–water partition coefficient (Wildman–Crippen LogP) is 3.20. The molecule has 1 fully saturated rings. The molecule has 3 rings (SSSR count). The lowest BCUT2D eigenvalue weighted by atomic mass is 10.2. The van der Waals surface area contributed by atoms with E-state index >= 15 is 0 Å². The molecule has 1 aromatic carbocycles. The van der Waals surface area contributed by atoms with E-state index in [2.05, 4.69) is 58.5 Å². The Morgan fingerprint density at radius 1 is 1.17 bits per heavy atom. The van der Waals surface area contributed by atoms with Crippen LogP contribution in [0.25, 0.3) is 0 Å². The van der Waals surface area contributed by atoms with Crippen molar-refractivity contribution in [3.8, 4) is 0 Å². The van der Waals surface area contributed by atoms with Crippen LogP contribution >= 0.6 is 0 Å². The highest BCUT2D eigenvalue weighted by Gasteiger charge is 2.17. The third kappa shape index (κ3) is 3.82. The molecule has 2 heterocycles. The van der Waals surface area contributed by atoms with Crippen LogP contribution in [0.4, 0.5) is 11.4 Å². The first-order valence-corrected chi connectivity index (χ1v) is 8.16. The van der Waals surface area contributed by atoms with Crippen molar-refractivity contribution in [3.05, 3.63) is 36.0 Å². The van der Waals surface area contributed by atoms with Gasteiger partial charge in [0, 0.05) is 30.4 Å². The zero-order chi connectivity index (χ0) is 16.2. The van der Waals surface area contributed by atoms with Crippen molar-refractivity contribution in [3.63, 3.8) is 0 Å². The molecular formula is C17H24N4O2. The van der Waals surface area contributed by atoms with Crippen molar-refractivity contribution in [2.75, 3.05) is 36.5 Å². The van der Waals surface area contributed by atoms with Crippen molar-refractivity contribution in [2.24, 2.45) is 0 Å². The third-order valence-electron chi connectivity index (χ3n) is 3.95. The molecular weight excluding hydrogens is 292 g/mol. The summed E-state index contributed by atoms with van der Waals surface area (Å²) < 4.78 is 10.8. The molecule has 6 heteroatoms. The summed E-state index contributed by atoms with van der Waals surface area (Å²) in [7, 11) is 0. The monoisotopic (exact) mass is 316 g/mol. The van der Waals surface area contributed by atoms with Gasteiger partial charge in [0.25, 0.3) is 0 Å². The van der Waals surface area contributed by atoms with Crippen molar-refractivity contribution >= 4 is 11.4 Å². The summed E-state index contributed by atoms with van der Waals surface area (Å²) >= 11 is 0. The van der Waals surface area contributed by atoms with Gasteiger partial charge < -0.3 is 19.5 Å². The van der Waals surface area contributed by atoms with Crippen LogP contribution in [0.1, 0.15) is 44.4 Å². The molecule has 0 aliphatic carbocycles. The lowest BCUT2D eigenvalue weighted by molar-refractivity contribution is 0.122. The smallest absolute Gasteiger partial charge is 0.248 e. The minimum atomic E-state index is -0.0325. The lowest BCUT2D eigenvalue weighted by Crippen LogP contribution is -2.36. The Hall–Kier alpha value is -2.08. The maximum absolute atomic E-state index is 5.41. The molecule has 1 aliphatic heterocycles. The molecule has 0 saturated carbocycles. The number of rotatable bonds is 5. The van der Waals surface area contributed by atoms with Gasteiger partial charge in [-0.1, -0.05) is 25.1 Å². The zero-order valence-electron chi connectivity index (χ0n) is 14.0. The first-order chi connectivity index (χ1) is 11.1. The van der Waals surface area contributed by atoms with Crippen molar-refractivity contribution < 1.29 is 9.26 Å². The number of anilines is 2. The van der Waals surface area contributed by atoms with E-state index in [9.17, 15) is 0 Å². The van der Waals surface area contributed by atoms with Gasteiger partial charge in [-0.05, 0) is 25.1 Å². The van der Waals surface area contributed by atoms with Crippen LogP contribution in [-0.4, -0.2) is 36.4 Å². The molecule has 124 valence electrons. The van der Waals surface area contributed by atoms with Gasteiger partial charge in [0.1, 0.15) is 6.04 Å². The molecule has 1 aliphatic rings. The highest BCUT2D eigenvalue weighted by atomic mass is 16.5. The Balaban J connectivity index is 1.69. The van der Waals surface area contributed by atoms with Crippen LogP contribution in [0.3, 0.4) is 0 Å². The van der Waals surface area contributed by atoms with Crippen LogP contribution in [0.15, 0.2) is 28.8 Å². The van der Waals surface area contributed by atoms with E-state index in [1.54, 1.807) is 0 Å². The number of benzene rings is 1. The third-order valence-corrected chi connectivity index (χ3v) is 3.95. The summed E-state index contributed by atoms with van der Waals surface area (Å²) in [5, 5.41) is 7.46. The minimum absolute atomic E-state index is 0.0325. The van der Waals surface area contributed by atoms with Gasteiger partial charge in [-0.3, -0.25) is 0 Å². The molecule has 1 aromatic heterocycles. The zero-order valence-corrected chi connectivity index (χ0v) is 14.0. The number of ether oxygens (including phenoxy) is 1. The van der Waals surface area contributed by atoms with Gasteiger partial charge in [-0.15, -0.1) is 0 Å². The maximum atomic E-state index is 5.41. The van der Waals surface area contributed by atoms with Crippen LogP contribution in [0, 0.1) is 0 Å². The highest BCUT2D eigenvalue weighted by molar-refractivity contribution is 5.58. The molecule has 0 amide bonds. The molecule has 0 radical (unpaired) electrons. The molecule has 6 nitrogen and oxygen atoms in total. The Morgan fingerprint density at radius 3 is 2.65 bits per heavy atom. The first-order valence-electron chi connectivity index (χ1n) is 8.16. The topological polar surface area (TPSA) is 63.4 Å². The molecule has 23 heavy (non-hydrogen) atoms. The molecule has 1 saturated heterocycles. The van der Waals surface area contributed by atoms with E-state index in [-0.39, 0.29) is 12.0 Å². The average Bonchev–Trinajstić information content (AvgIpc) is 3.06. The van der Waals surface area contributed by atoms with Gasteiger partial charge >= 0.3 is 0 Å². The van der Waals surface area contributed by atoms with E-state index < -0.39 is 0 Å². The standard InChI is InChI=1S/C17H24N4O2/c1-12(2)16-19-17(23-20-16)13(3)18-14-5-4-6-15(11-14)21-7-9-22-10-8-21/h4-6,11-13,18H,7-10H2,1-3H3. The molecule has 1 unspecified atom stereocenters. The Labute approximate surface area is 136 Å². The fraction of sp³-hybridized carbons (Fsp3) is 0.529. The number of hydrogen-bond donors (Lipinski definition) is 1. The van der Waals surface area contributed by atoms with Gasteiger partial charge in [0.15, 0.2) is 5.82 Å². The fourth-order valence-electron chi connectivity index (χ4n) is 2.58. The normalized spacial score (nSPS) is 16.6. The summed E-state index contributed by atoms with van der Waals surface area (Å²) in [6, 6.07) is 8.37. The second kappa shape index (κ2) is 7.00. The summed E-state index contributed by atoms with van der Waals surface area (Å²) in [4.78, 5) is 6.79. The van der Waals surface area contributed by atoms with Crippen molar-refractivity contribution in [1.82, 2.24) is 10.1 Å². The second-order valence-electron chi connectivity index (χ2n) is 6.16. The van der Waals surface area contributed by atoms with Gasteiger partial charge in [-0.25, -0.2) is 0 Å². The van der Waals surface area contributed by atoms with Gasteiger partial charge in [0.2, 0.25) is 5.89 Å². The van der Waals surface area contributed by atoms with Crippen LogP contribution in [0.2, 0.25) is 0 Å². The van der Waals surface area contributed by atoms with Crippen LogP contribution in [-0.2, 0) is 4.74 Å². The SMILES string of the molecule is CC(C)c1noc(C(C)Nc2cccc(N3CCOCC3)c2)n1. The van der Waals surface area contributed by atoms with Crippen molar-refractivity contribution in [2.45, 2.75) is 32.7 Å². The van der Waals surface area contributed by atoms with E-state index in [0.717, 1.165) is 37.8 Å². The van der Waals surface area contributed by atoms with E-state index in [0.29, 0.717) is 5.89 Å². The quantitative estimate of drug-likeness (QED) is 0.914. The molecule has 0 bridgehead atoms.